The van der Waals surface area contributed by atoms with Gasteiger partial charge in [-0.15, -0.1) is 0 Å². The van der Waals surface area contributed by atoms with E-state index >= 15 is 0 Å². The summed E-state index contributed by atoms with van der Waals surface area (Å²) in [4.78, 5) is 2.15. The van der Waals surface area contributed by atoms with Gasteiger partial charge in [0.05, 0.1) is 0 Å². The normalized spacial score (nSPS) is 12.8. The van der Waals surface area contributed by atoms with Crippen molar-refractivity contribution in [1.29, 1.82) is 0 Å². The lowest BCUT2D eigenvalue weighted by atomic mass is 10.3. The summed E-state index contributed by atoms with van der Waals surface area (Å²) in [5, 5.41) is 4.06. The molecule has 0 amide bonds. The second kappa shape index (κ2) is 7.54. The quantitative estimate of drug-likeness (QED) is 0.758. The van der Waals surface area contributed by atoms with Gasteiger partial charge in [-0.05, 0) is 39.2 Å². The molecular formula is C13H21ClN2O. The molecule has 1 aromatic carbocycles. The largest absolute Gasteiger partial charge is 0.489 e. The maximum Gasteiger partial charge on any atom is 0.121 e. The van der Waals surface area contributed by atoms with Crippen LogP contribution < -0.4 is 10.1 Å². The Kier molecular flexibility index (Phi) is 6.34. The van der Waals surface area contributed by atoms with Crippen molar-refractivity contribution in [3.63, 3.8) is 0 Å². The van der Waals surface area contributed by atoms with Gasteiger partial charge in [-0.3, -0.25) is 0 Å². The van der Waals surface area contributed by atoms with E-state index in [1.807, 2.05) is 31.2 Å². The molecule has 0 bridgehead atoms. The van der Waals surface area contributed by atoms with Gasteiger partial charge in [0.2, 0.25) is 0 Å². The molecule has 1 aromatic rings. The second-order valence-corrected chi connectivity index (χ2v) is 4.83. The van der Waals surface area contributed by atoms with Crippen molar-refractivity contribution in [3.05, 3.63) is 29.3 Å². The minimum Gasteiger partial charge on any atom is -0.489 e. The number of halogens is 1. The van der Waals surface area contributed by atoms with Gasteiger partial charge >= 0.3 is 0 Å². The summed E-state index contributed by atoms with van der Waals surface area (Å²) in [7, 11) is 4.13. The number of likely N-dealkylation sites (N-methyl/N-ethyl adjacent to an activating group) is 1. The molecule has 17 heavy (non-hydrogen) atoms. The van der Waals surface area contributed by atoms with Gasteiger partial charge in [0.15, 0.2) is 0 Å². The van der Waals surface area contributed by atoms with Gasteiger partial charge in [-0.25, -0.2) is 0 Å². The fraction of sp³-hybridized carbons (Fsp3) is 0.538. The molecule has 0 heterocycles. The van der Waals surface area contributed by atoms with E-state index in [0.717, 1.165) is 25.4 Å². The highest BCUT2D eigenvalue weighted by Gasteiger charge is 2.03. The first-order valence-corrected chi connectivity index (χ1v) is 6.23. The third-order valence-corrected chi connectivity index (χ3v) is 2.54. The first-order valence-electron chi connectivity index (χ1n) is 5.85. The van der Waals surface area contributed by atoms with Crippen LogP contribution in [0.4, 0.5) is 0 Å². The maximum absolute atomic E-state index is 5.89. The lowest BCUT2D eigenvalue weighted by Gasteiger charge is -2.16. The van der Waals surface area contributed by atoms with Gasteiger partial charge < -0.3 is 15.0 Å². The van der Waals surface area contributed by atoms with E-state index in [1.165, 1.54) is 0 Å². The van der Waals surface area contributed by atoms with Gasteiger partial charge in [-0.1, -0.05) is 17.7 Å². The zero-order valence-electron chi connectivity index (χ0n) is 10.7. The number of nitrogens with one attached hydrogen (secondary N) is 1. The summed E-state index contributed by atoms with van der Waals surface area (Å²) < 4.78 is 5.74. The van der Waals surface area contributed by atoms with Gasteiger partial charge in [0, 0.05) is 24.7 Å². The Labute approximate surface area is 109 Å². The average Bonchev–Trinajstić information content (AvgIpc) is 2.24. The van der Waals surface area contributed by atoms with Gasteiger partial charge in [-0.2, -0.15) is 0 Å². The number of benzene rings is 1. The number of hydrogen-bond donors (Lipinski definition) is 1. The SMILES string of the molecule is CC(CNCCN(C)C)Oc1cccc(Cl)c1. The van der Waals surface area contributed by atoms with E-state index in [1.54, 1.807) is 0 Å². The van der Waals surface area contributed by atoms with Crippen molar-refractivity contribution in [2.24, 2.45) is 0 Å². The lowest BCUT2D eigenvalue weighted by Crippen LogP contribution is -2.33. The van der Waals surface area contributed by atoms with E-state index in [2.05, 4.69) is 24.3 Å². The van der Waals surface area contributed by atoms with Crippen molar-refractivity contribution in [1.82, 2.24) is 10.2 Å². The number of hydrogen-bond acceptors (Lipinski definition) is 3. The maximum atomic E-state index is 5.89. The molecule has 0 spiro atoms. The molecule has 1 N–H and O–H groups in total. The van der Waals surface area contributed by atoms with Crippen LogP contribution in [0.25, 0.3) is 0 Å². The second-order valence-electron chi connectivity index (χ2n) is 4.39. The fourth-order valence-corrected chi connectivity index (χ4v) is 1.60. The molecule has 1 unspecified atom stereocenters. The van der Waals surface area contributed by atoms with E-state index in [-0.39, 0.29) is 6.10 Å². The van der Waals surface area contributed by atoms with Crippen LogP contribution in [-0.2, 0) is 0 Å². The Morgan fingerprint density at radius 1 is 1.41 bits per heavy atom. The molecule has 0 radical (unpaired) electrons. The van der Waals surface area contributed by atoms with E-state index < -0.39 is 0 Å². The molecule has 1 atom stereocenters. The molecule has 0 saturated heterocycles. The molecule has 0 aromatic heterocycles. The number of nitrogens with zero attached hydrogens (tertiary/aromatic N) is 1. The molecule has 96 valence electrons. The van der Waals surface area contributed by atoms with Crippen molar-refractivity contribution in [2.45, 2.75) is 13.0 Å². The standard InChI is InChI=1S/C13H21ClN2O/c1-11(10-15-7-8-16(2)3)17-13-6-4-5-12(14)9-13/h4-6,9,11,15H,7-8,10H2,1-3H3. The Morgan fingerprint density at radius 3 is 2.82 bits per heavy atom. The predicted molar refractivity (Wildman–Crippen MR) is 73.0 cm³/mol. The van der Waals surface area contributed by atoms with Crippen LogP contribution in [0.3, 0.4) is 0 Å². The molecule has 0 aliphatic carbocycles. The highest BCUT2D eigenvalue weighted by atomic mass is 35.5. The highest BCUT2D eigenvalue weighted by Crippen LogP contribution is 2.18. The molecule has 0 fully saturated rings. The molecule has 1 rings (SSSR count). The number of ether oxygens (including phenoxy) is 1. The smallest absolute Gasteiger partial charge is 0.121 e. The van der Waals surface area contributed by atoms with Crippen LogP contribution in [0.15, 0.2) is 24.3 Å². The zero-order valence-corrected chi connectivity index (χ0v) is 11.5. The third-order valence-electron chi connectivity index (χ3n) is 2.30. The summed E-state index contributed by atoms with van der Waals surface area (Å²) in [5.74, 6) is 0.819. The summed E-state index contributed by atoms with van der Waals surface area (Å²) in [6.45, 7) is 4.88. The minimum atomic E-state index is 0.135. The zero-order chi connectivity index (χ0) is 12.7. The Hall–Kier alpha value is -0.770. The predicted octanol–water partition coefficient (Wildman–Crippen LogP) is 2.26. The molecule has 0 aliphatic rings. The average molecular weight is 257 g/mol. The summed E-state index contributed by atoms with van der Waals surface area (Å²) >= 11 is 5.89. The van der Waals surface area contributed by atoms with Crippen molar-refractivity contribution in [2.75, 3.05) is 33.7 Å². The van der Waals surface area contributed by atoms with Gasteiger partial charge in [0.1, 0.15) is 11.9 Å². The molecule has 0 aliphatic heterocycles. The van der Waals surface area contributed by atoms with Crippen LogP contribution in [0.5, 0.6) is 5.75 Å². The van der Waals surface area contributed by atoms with Crippen molar-refractivity contribution in [3.8, 4) is 5.75 Å². The first kappa shape index (κ1) is 14.3. The molecular weight excluding hydrogens is 236 g/mol. The fourth-order valence-electron chi connectivity index (χ4n) is 1.42. The highest BCUT2D eigenvalue weighted by molar-refractivity contribution is 6.30. The van der Waals surface area contributed by atoms with Crippen LogP contribution >= 0.6 is 11.6 Å². The Morgan fingerprint density at radius 2 is 2.18 bits per heavy atom. The molecule has 4 heteroatoms. The summed E-state index contributed by atoms with van der Waals surface area (Å²) in [5.41, 5.74) is 0. The Bertz CT molecular complexity index is 331. The Balaban J connectivity index is 2.23. The molecule has 0 saturated carbocycles. The summed E-state index contributed by atoms with van der Waals surface area (Å²) in [6, 6.07) is 7.48. The van der Waals surface area contributed by atoms with Crippen molar-refractivity contribution < 1.29 is 4.74 Å². The lowest BCUT2D eigenvalue weighted by molar-refractivity contribution is 0.215. The van der Waals surface area contributed by atoms with Crippen LogP contribution in [0, 0.1) is 0 Å². The van der Waals surface area contributed by atoms with Crippen molar-refractivity contribution >= 4 is 11.6 Å². The minimum absolute atomic E-state index is 0.135. The third kappa shape index (κ3) is 6.51. The van der Waals surface area contributed by atoms with Crippen LogP contribution in [0.2, 0.25) is 5.02 Å². The van der Waals surface area contributed by atoms with E-state index in [4.69, 9.17) is 16.3 Å². The van der Waals surface area contributed by atoms with Crippen LogP contribution in [0.1, 0.15) is 6.92 Å². The summed E-state index contributed by atoms with van der Waals surface area (Å²) in [6.07, 6.45) is 0.135. The monoisotopic (exact) mass is 256 g/mol. The van der Waals surface area contributed by atoms with E-state index in [9.17, 15) is 0 Å². The first-order chi connectivity index (χ1) is 8.08. The van der Waals surface area contributed by atoms with Gasteiger partial charge in [0.25, 0.3) is 0 Å². The topological polar surface area (TPSA) is 24.5 Å². The number of rotatable bonds is 7. The molecule has 3 nitrogen and oxygen atoms in total. The van der Waals surface area contributed by atoms with E-state index in [0.29, 0.717) is 5.02 Å². The van der Waals surface area contributed by atoms with Crippen LogP contribution in [-0.4, -0.2) is 44.7 Å².